The predicted octanol–water partition coefficient (Wildman–Crippen LogP) is 1.96. The Labute approximate surface area is 89.0 Å². The lowest BCUT2D eigenvalue weighted by Crippen LogP contribution is -2.15. The molecule has 2 N–H and O–H groups in total. The van der Waals surface area contributed by atoms with Gasteiger partial charge in [0.2, 0.25) is 0 Å². The molecular formula is C11H16FNO2. The Morgan fingerprint density at radius 2 is 2.20 bits per heavy atom. The molecule has 1 rings (SSSR count). The molecule has 0 saturated heterocycles. The van der Waals surface area contributed by atoms with Crippen LogP contribution >= 0.6 is 0 Å². The zero-order valence-corrected chi connectivity index (χ0v) is 9.00. The van der Waals surface area contributed by atoms with Crippen LogP contribution in [0.25, 0.3) is 0 Å². The first-order chi connectivity index (χ1) is 7.13. The van der Waals surface area contributed by atoms with E-state index in [1.807, 2.05) is 6.92 Å². The van der Waals surface area contributed by atoms with E-state index in [9.17, 15) is 4.39 Å². The first-order valence-corrected chi connectivity index (χ1v) is 4.78. The van der Waals surface area contributed by atoms with Gasteiger partial charge in [-0.05, 0) is 25.1 Å². The molecule has 0 aromatic heterocycles. The molecule has 84 valence electrons. The van der Waals surface area contributed by atoms with E-state index >= 15 is 0 Å². The highest BCUT2D eigenvalue weighted by atomic mass is 19.1. The van der Waals surface area contributed by atoms with Crippen molar-refractivity contribution in [3.05, 3.63) is 29.6 Å². The third-order valence-electron chi connectivity index (χ3n) is 2.03. The highest BCUT2D eigenvalue weighted by Crippen LogP contribution is 2.15. The van der Waals surface area contributed by atoms with Crippen molar-refractivity contribution >= 4 is 5.69 Å². The van der Waals surface area contributed by atoms with Crippen LogP contribution in [0.2, 0.25) is 0 Å². The molecular weight excluding hydrogens is 197 g/mol. The Morgan fingerprint density at radius 1 is 1.47 bits per heavy atom. The lowest BCUT2D eigenvalue weighted by molar-refractivity contribution is 0.0000144. The summed E-state index contributed by atoms with van der Waals surface area (Å²) in [6, 6.07) is 4.25. The second kappa shape index (κ2) is 5.68. The summed E-state index contributed by atoms with van der Waals surface area (Å²) in [5, 5.41) is 0. The molecule has 0 heterocycles. The Kier molecular flexibility index (Phi) is 4.52. The van der Waals surface area contributed by atoms with Gasteiger partial charge in [-0.1, -0.05) is 0 Å². The average molecular weight is 213 g/mol. The van der Waals surface area contributed by atoms with Gasteiger partial charge in [-0.2, -0.15) is 0 Å². The zero-order chi connectivity index (χ0) is 11.3. The molecule has 0 fully saturated rings. The van der Waals surface area contributed by atoms with Crippen LogP contribution in [0.15, 0.2) is 18.2 Å². The summed E-state index contributed by atoms with van der Waals surface area (Å²) < 4.78 is 23.2. The predicted molar refractivity (Wildman–Crippen MR) is 56.9 cm³/mol. The summed E-state index contributed by atoms with van der Waals surface area (Å²) in [6.45, 7) is 2.70. The fourth-order valence-corrected chi connectivity index (χ4v) is 1.21. The average Bonchev–Trinajstić information content (AvgIpc) is 2.20. The quantitative estimate of drug-likeness (QED) is 0.760. The third kappa shape index (κ3) is 3.85. The number of methoxy groups -OCH3 is 1. The number of hydrogen-bond donors (Lipinski definition) is 1. The smallest absolute Gasteiger partial charge is 0.123 e. The van der Waals surface area contributed by atoms with Gasteiger partial charge in [-0.3, -0.25) is 0 Å². The molecule has 0 amide bonds. The summed E-state index contributed by atoms with van der Waals surface area (Å²) in [7, 11) is 1.61. The van der Waals surface area contributed by atoms with Crippen molar-refractivity contribution in [2.75, 3.05) is 19.5 Å². The molecule has 1 aromatic rings. The van der Waals surface area contributed by atoms with Crippen LogP contribution in [0.5, 0.6) is 0 Å². The van der Waals surface area contributed by atoms with Crippen molar-refractivity contribution in [2.45, 2.75) is 19.6 Å². The van der Waals surface area contributed by atoms with Crippen molar-refractivity contribution in [3.8, 4) is 0 Å². The minimum atomic E-state index is -0.304. The summed E-state index contributed by atoms with van der Waals surface area (Å²) >= 11 is 0. The molecule has 15 heavy (non-hydrogen) atoms. The van der Waals surface area contributed by atoms with Gasteiger partial charge in [0.05, 0.1) is 19.3 Å². The summed E-state index contributed by atoms with van der Waals surface area (Å²) in [5.41, 5.74) is 6.88. The number of halogens is 1. The fraction of sp³-hybridized carbons (Fsp3) is 0.455. The summed E-state index contributed by atoms with van der Waals surface area (Å²) in [6.07, 6.45) is -0.0299. The van der Waals surface area contributed by atoms with Crippen LogP contribution in [0.3, 0.4) is 0 Å². The molecule has 0 aliphatic carbocycles. The minimum Gasteiger partial charge on any atom is -0.398 e. The topological polar surface area (TPSA) is 44.5 Å². The van der Waals surface area contributed by atoms with Gasteiger partial charge in [0.15, 0.2) is 0 Å². The normalized spacial score (nSPS) is 12.7. The molecule has 0 radical (unpaired) electrons. The number of nitrogens with two attached hydrogens (primary N) is 1. The number of anilines is 1. The second-order valence-electron chi connectivity index (χ2n) is 3.42. The highest BCUT2D eigenvalue weighted by molar-refractivity contribution is 5.46. The molecule has 3 nitrogen and oxygen atoms in total. The molecule has 1 unspecified atom stereocenters. The van der Waals surface area contributed by atoms with Crippen LogP contribution in [-0.4, -0.2) is 19.8 Å². The molecule has 0 spiro atoms. The number of nitrogen functional groups attached to an aromatic ring is 1. The van der Waals surface area contributed by atoms with E-state index < -0.39 is 0 Å². The Bertz CT molecular complexity index is 317. The van der Waals surface area contributed by atoms with Crippen molar-refractivity contribution in [1.82, 2.24) is 0 Å². The maximum atomic E-state index is 12.9. The fourth-order valence-electron chi connectivity index (χ4n) is 1.21. The van der Waals surface area contributed by atoms with E-state index in [2.05, 4.69) is 0 Å². The lowest BCUT2D eigenvalue weighted by Gasteiger charge is -2.13. The Hall–Kier alpha value is -1.13. The maximum absolute atomic E-state index is 12.9. The number of rotatable bonds is 5. The lowest BCUT2D eigenvalue weighted by atomic mass is 10.2. The van der Waals surface area contributed by atoms with Gasteiger partial charge >= 0.3 is 0 Å². The SMILES string of the molecule is COCC(C)OCc1cc(F)ccc1N. The summed E-state index contributed by atoms with van der Waals surface area (Å²) in [4.78, 5) is 0. The monoisotopic (exact) mass is 213 g/mol. The first-order valence-electron chi connectivity index (χ1n) is 4.78. The van der Waals surface area contributed by atoms with Crippen molar-refractivity contribution in [1.29, 1.82) is 0 Å². The Balaban J connectivity index is 2.53. The van der Waals surface area contributed by atoms with Crippen molar-refractivity contribution < 1.29 is 13.9 Å². The van der Waals surface area contributed by atoms with Crippen molar-refractivity contribution in [3.63, 3.8) is 0 Å². The van der Waals surface area contributed by atoms with E-state index in [0.717, 1.165) is 0 Å². The molecule has 1 atom stereocenters. The zero-order valence-electron chi connectivity index (χ0n) is 9.00. The number of benzene rings is 1. The van der Waals surface area contributed by atoms with Gasteiger partial charge in [0.25, 0.3) is 0 Å². The van der Waals surface area contributed by atoms with Gasteiger partial charge in [0.1, 0.15) is 5.82 Å². The molecule has 0 aliphatic rings. The molecule has 1 aromatic carbocycles. The van der Waals surface area contributed by atoms with Gasteiger partial charge in [-0.25, -0.2) is 4.39 Å². The standard InChI is InChI=1S/C11H16FNO2/c1-8(6-14-2)15-7-9-5-10(12)3-4-11(9)13/h3-5,8H,6-7,13H2,1-2H3. The molecule has 4 heteroatoms. The van der Waals surface area contributed by atoms with Crippen LogP contribution in [0, 0.1) is 5.82 Å². The van der Waals surface area contributed by atoms with Crippen LogP contribution < -0.4 is 5.73 Å². The van der Waals surface area contributed by atoms with Crippen LogP contribution in [0.4, 0.5) is 10.1 Å². The second-order valence-corrected chi connectivity index (χ2v) is 3.42. The van der Waals surface area contributed by atoms with Crippen LogP contribution in [0.1, 0.15) is 12.5 Å². The number of ether oxygens (including phenoxy) is 2. The maximum Gasteiger partial charge on any atom is 0.123 e. The third-order valence-corrected chi connectivity index (χ3v) is 2.03. The molecule has 0 saturated carbocycles. The first kappa shape index (κ1) is 11.9. The molecule has 0 bridgehead atoms. The van der Waals surface area contributed by atoms with E-state index in [1.165, 1.54) is 18.2 Å². The minimum absolute atomic E-state index is 0.0299. The summed E-state index contributed by atoms with van der Waals surface area (Å²) in [5.74, 6) is -0.304. The van der Waals surface area contributed by atoms with E-state index in [1.54, 1.807) is 7.11 Å². The Morgan fingerprint density at radius 3 is 2.87 bits per heavy atom. The largest absolute Gasteiger partial charge is 0.398 e. The van der Waals surface area contributed by atoms with Crippen molar-refractivity contribution in [2.24, 2.45) is 0 Å². The van der Waals surface area contributed by atoms with Gasteiger partial charge in [-0.15, -0.1) is 0 Å². The number of hydrogen-bond acceptors (Lipinski definition) is 3. The van der Waals surface area contributed by atoms with Crippen LogP contribution in [-0.2, 0) is 16.1 Å². The van der Waals surface area contributed by atoms with E-state index in [4.69, 9.17) is 15.2 Å². The van der Waals surface area contributed by atoms with Gasteiger partial charge in [0, 0.05) is 18.4 Å². The van der Waals surface area contributed by atoms with Gasteiger partial charge < -0.3 is 15.2 Å². The highest BCUT2D eigenvalue weighted by Gasteiger charge is 2.05. The van der Waals surface area contributed by atoms with E-state index in [0.29, 0.717) is 24.5 Å². The molecule has 0 aliphatic heterocycles. The van der Waals surface area contributed by atoms with E-state index in [-0.39, 0.29) is 11.9 Å².